The first-order valence-electron chi connectivity index (χ1n) is 9.34. The predicted molar refractivity (Wildman–Crippen MR) is 107 cm³/mol. The molecule has 0 aromatic heterocycles. The zero-order chi connectivity index (χ0) is 19.5. The van der Waals surface area contributed by atoms with Gasteiger partial charge in [0.1, 0.15) is 6.04 Å². The molecule has 1 unspecified atom stereocenters. The van der Waals surface area contributed by atoms with Gasteiger partial charge in [-0.3, -0.25) is 9.59 Å². The fourth-order valence-corrected chi connectivity index (χ4v) is 2.74. The van der Waals surface area contributed by atoms with Gasteiger partial charge in [0, 0.05) is 32.2 Å². The van der Waals surface area contributed by atoms with Crippen molar-refractivity contribution in [2.75, 3.05) is 20.3 Å². The van der Waals surface area contributed by atoms with E-state index in [1.54, 1.807) is 19.2 Å². The Kier molecular flexibility index (Phi) is 8.52. The Balaban J connectivity index is 2.05. The number of amides is 2. The van der Waals surface area contributed by atoms with Gasteiger partial charge in [0.25, 0.3) is 5.91 Å². The van der Waals surface area contributed by atoms with Crippen LogP contribution in [0.2, 0.25) is 0 Å². The molecule has 144 valence electrons. The number of hydrogen-bond donors (Lipinski definition) is 2. The maximum atomic E-state index is 12.6. The Morgan fingerprint density at radius 2 is 1.70 bits per heavy atom. The largest absolute Gasteiger partial charge is 0.385 e. The van der Waals surface area contributed by atoms with Crippen molar-refractivity contribution in [2.24, 2.45) is 0 Å². The van der Waals surface area contributed by atoms with Crippen LogP contribution in [0.15, 0.2) is 54.6 Å². The molecule has 0 heterocycles. The SMILES string of the molecule is CCc1ccc(C(=O)NC(Cc2ccccc2)C(=O)NCCCOC)cc1. The Morgan fingerprint density at radius 3 is 2.33 bits per heavy atom. The van der Waals surface area contributed by atoms with Crippen LogP contribution >= 0.6 is 0 Å². The minimum Gasteiger partial charge on any atom is -0.385 e. The van der Waals surface area contributed by atoms with Crippen molar-refractivity contribution in [3.63, 3.8) is 0 Å². The summed E-state index contributed by atoms with van der Waals surface area (Å²) in [7, 11) is 1.63. The van der Waals surface area contributed by atoms with E-state index in [-0.39, 0.29) is 11.8 Å². The average molecular weight is 368 g/mol. The molecule has 0 aliphatic heterocycles. The molecule has 1 atom stereocenters. The molecule has 0 saturated heterocycles. The summed E-state index contributed by atoms with van der Waals surface area (Å²) in [5, 5.41) is 5.76. The van der Waals surface area contributed by atoms with Crippen molar-refractivity contribution in [3.05, 3.63) is 71.3 Å². The molecule has 27 heavy (non-hydrogen) atoms. The summed E-state index contributed by atoms with van der Waals surface area (Å²) in [4.78, 5) is 25.2. The van der Waals surface area contributed by atoms with Crippen LogP contribution in [-0.4, -0.2) is 38.1 Å². The van der Waals surface area contributed by atoms with Crippen LogP contribution in [0.3, 0.4) is 0 Å². The van der Waals surface area contributed by atoms with Gasteiger partial charge in [-0.2, -0.15) is 0 Å². The normalized spacial score (nSPS) is 11.6. The molecule has 0 aliphatic rings. The minimum absolute atomic E-state index is 0.187. The average Bonchev–Trinajstić information content (AvgIpc) is 2.71. The van der Waals surface area contributed by atoms with Gasteiger partial charge in [0.05, 0.1) is 0 Å². The van der Waals surface area contributed by atoms with Gasteiger partial charge in [0.15, 0.2) is 0 Å². The first kappa shape index (κ1) is 20.6. The number of carbonyl (C=O) groups is 2. The quantitative estimate of drug-likeness (QED) is 0.634. The predicted octanol–water partition coefficient (Wildman–Crippen LogP) is 2.74. The molecular weight excluding hydrogens is 340 g/mol. The van der Waals surface area contributed by atoms with E-state index in [0.717, 1.165) is 18.4 Å². The van der Waals surface area contributed by atoms with E-state index in [1.807, 2.05) is 42.5 Å². The van der Waals surface area contributed by atoms with E-state index in [1.165, 1.54) is 5.56 Å². The molecule has 2 aromatic carbocycles. The van der Waals surface area contributed by atoms with E-state index in [2.05, 4.69) is 17.6 Å². The van der Waals surface area contributed by atoms with E-state index >= 15 is 0 Å². The van der Waals surface area contributed by atoms with Crippen molar-refractivity contribution >= 4 is 11.8 Å². The lowest BCUT2D eigenvalue weighted by atomic mass is 10.0. The minimum atomic E-state index is -0.631. The van der Waals surface area contributed by atoms with Crippen LogP contribution in [-0.2, 0) is 22.4 Å². The second-order valence-corrected chi connectivity index (χ2v) is 6.40. The van der Waals surface area contributed by atoms with Gasteiger partial charge >= 0.3 is 0 Å². The molecule has 0 aliphatic carbocycles. The molecule has 5 heteroatoms. The number of ether oxygens (including phenoxy) is 1. The van der Waals surface area contributed by atoms with E-state index in [0.29, 0.717) is 25.1 Å². The highest BCUT2D eigenvalue weighted by Crippen LogP contribution is 2.08. The van der Waals surface area contributed by atoms with E-state index < -0.39 is 6.04 Å². The van der Waals surface area contributed by atoms with Gasteiger partial charge in [-0.25, -0.2) is 0 Å². The molecule has 0 fully saturated rings. The van der Waals surface area contributed by atoms with Crippen LogP contribution in [0.25, 0.3) is 0 Å². The molecule has 2 amide bonds. The van der Waals surface area contributed by atoms with Crippen LogP contribution in [0.5, 0.6) is 0 Å². The molecule has 2 aromatic rings. The number of rotatable bonds is 10. The third-order valence-electron chi connectivity index (χ3n) is 4.35. The standard InChI is InChI=1S/C22H28N2O3/c1-3-17-10-12-19(13-11-17)21(25)24-20(16-18-8-5-4-6-9-18)22(26)23-14-7-15-27-2/h4-6,8-13,20H,3,7,14-16H2,1-2H3,(H,23,26)(H,24,25). The second-order valence-electron chi connectivity index (χ2n) is 6.40. The number of carbonyl (C=O) groups excluding carboxylic acids is 2. The molecule has 5 nitrogen and oxygen atoms in total. The lowest BCUT2D eigenvalue weighted by Gasteiger charge is -2.19. The summed E-state index contributed by atoms with van der Waals surface area (Å²) in [6, 6.07) is 16.5. The highest BCUT2D eigenvalue weighted by Gasteiger charge is 2.21. The maximum Gasteiger partial charge on any atom is 0.251 e. The third kappa shape index (κ3) is 6.87. The number of aryl methyl sites for hydroxylation is 1. The van der Waals surface area contributed by atoms with Crippen molar-refractivity contribution in [1.29, 1.82) is 0 Å². The fraction of sp³-hybridized carbons (Fsp3) is 0.364. The molecule has 0 bridgehead atoms. The number of nitrogens with one attached hydrogen (secondary N) is 2. The summed E-state index contributed by atoms with van der Waals surface area (Å²) < 4.78 is 5.00. The maximum absolute atomic E-state index is 12.6. The third-order valence-corrected chi connectivity index (χ3v) is 4.35. The highest BCUT2D eigenvalue weighted by molar-refractivity contribution is 5.97. The smallest absolute Gasteiger partial charge is 0.251 e. The Hall–Kier alpha value is -2.66. The van der Waals surface area contributed by atoms with Crippen LogP contribution in [0, 0.1) is 0 Å². The van der Waals surface area contributed by atoms with Crippen molar-refractivity contribution in [2.45, 2.75) is 32.2 Å². The summed E-state index contributed by atoms with van der Waals surface area (Å²) in [6.45, 7) is 3.16. The van der Waals surface area contributed by atoms with E-state index in [9.17, 15) is 9.59 Å². The van der Waals surface area contributed by atoms with Crippen LogP contribution < -0.4 is 10.6 Å². The lowest BCUT2D eigenvalue weighted by molar-refractivity contribution is -0.123. The fourth-order valence-electron chi connectivity index (χ4n) is 2.74. The van der Waals surface area contributed by atoms with Crippen molar-refractivity contribution in [3.8, 4) is 0 Å². The van der Waals surface area contributed by atoms with Gasteiger partial charge < -0.3 is 15.4 Å². The summed E-state index contributed by atoms with van der Waals surface area (Å²) in [5.74, 6) is -0.431. The van der Waals surface area contributed by atoms with Gasteiger partial charge in [-0.05, 0) is 36.1 Å². The van der Waals surface area contributed by atoms with Crippen molar-refractivity contribution < 1.29 is 14.3 Å². The molecule has 2 rings (SSSR count). The lowest BCUT2D eigenvalue weighted by Crippen LogP contribution is -2.48. The van der Waals surface area contributed by atoms with Gasteiger partial charge in [-0.1, -0.05) is 49.4 Å². The van der Waals surface area contributed by atoms with E-state index in [4.69, 9.17) is 4.74 Å². The molecule has 2 N–H and O–H groups in total. The first-order valence-corrected chi connectivity index (χ1v) is 9.34. The van der Waals surface area contributed by atoms with Gasteiger partial charge in [0.2, 0.25) is 5.91 Å². The molecule has 0 radical (unpaired) electrons. The number of methoxy groups -OCH3 is 1. The number of hydrogen-bond acceptors (Lipinski definition) is 3. The second kappa shape index (κ2) is 11.1. The zero-order valence-electron chi connectivity index (χ0n) is 16.0. The Bertz CT molecular complexity index is 714. The summed E-state index contributed by atoms with van der Waals surface area (Å²) >= 11 is 0. The monoisotopic (exact) mass is 368 g/mol. The highest BCUT2D eigenvalue weighted by atomic mass is 16.5. The van der Waals surface area contributed by atoms with Crippen molar-refractivity contribution in [1.82, 2.24) is 10.6 Å². The Morgan fingerprint density at radius 1 is 1.00 bits per heavy atom. The molecular formula is C22H28N2O3. The molecule has 0 saturated carbocycles. The first-order chi connectivity index (χ1) is 13.1. The zero-order valence-corrected chi connectivity index (χ0v) is 16.0. The van der Waals surface area contributed by atoms with Crippen LogP contribution in [0.1, 0.15) is 34.8 Å². The summed E-state index contributed by atoms with van der Waals surface area (Å²) in [5.41, 5.74) is 2.72. The topological polar surface area (TPSA) is 67.4 Å². The van der Waals surface area contributed by atoms with Crippen LogP contribution in [0.4, 0.5) is 0 Å². The van der Waals surface area contributed by atoms with Gasteiger partial charge in [-0.15, -0.1) is 0 Å². The summed E-state index contributed by atoms with van der Waals surface area (Å²) in [6.07, 6.45) is 2.09. The Labute approximate surface area is 161 Å². The molecule has 0 spiro atoms. The number of benzene rings is 2.